The summed E-state index contributed by atoms with van der Waals surface area (Å²) in [5.41, 5.74) is 2.48. The van der Waals surface area contributed by atoms with E-state index >= 15 is 0 Å². The second kappa shape index (κ2) is 3.45. The third-order valence-corrected chi connectivity index (χ3v) is 2.97. The van der Waals surface area contributed by atoms with Crippen LogP contribution in [-0.2, 0) is 4.79 Å². The van der Waals surface area contributed by atoms with Gasteiger partial charge in [0.2, 0.25) is 5.91 Å². The summed E-state index contributed by atoms with van der Waals surface area (Å²) in [6.45, 7) is 4.86. The summed E-state index contributed by atoms with van der Waals surface area (Å²) in [6, 6.07) is 8.22. The van der Waals surface area contributed by atoms with Gasteiger partial charge in [-0.1, -0.05) is 31.2 Å². The van der Waals surface area contributed by atoms with Crippen molar-refractivity contribution in [3.63, 3.8) is 0 Å². The minimum Gasteiger partial charge on any atom is -0.355 e. The van der Waals surface area contributed by atoms with Gasteiger partial charge in [0.1, 0.15) is 0 Å². The lowest BCUT2D eigenvalue weighted by molar-refractivity contribution is -0.122. The number of amides is 1. The van der Waals surface area contributed by atoms with Crippen LogP contribution in [0.5, 0.6) is 0 Å². The van der Waals surface area contributed by atoms with Crippen molar-refractivity contribution >= 4 is 5.91 Å². The van der Waals surface area contributed by atoms with Crippen LogP contribution in [-0.4, -0.2) is 12.5 Å². The fourth-order valence-electron chi connectivity index (χ4n) is 2.01. The molecule has 0 aromatic heterocycles. The molecule has 2 heteroatoms. The Balaban J connectivity index is 2.51. The molecule has 0 saturated heterocycles. The van der Waals surface area contributed by atoms with E-state index in [1.165, 1.54) is 11.1 Å². The Hall–Kier alpha value is -1.31. The van der Waals surface area contributed by atoms with E-state index in [4.69, 9.17) is 0 Å². The summed E-state index contributed by atoms with van der Waals surface area (Å²) in [4.78, 5) is 11.6. The normalized spacial score (nSPS) is 26.3. The second-order valence-electron chi connectivity index (χ2n) is 4.00. The van der Waals surface area contributed by atoms with Crippen LogP contribution in [0.4, 0.5) is 0 Å². The van der Waals surface area contributed by atoms with Gasteiger partial charge in [-0.3, -0.25) is 4.79 Å². The molecule has 2 atom stereocenters. The van der Waals surface area contributed by atoms with Gasteiger partial charge in [0, 0.05) is 6.54 Å². The van der Waals surface area contributed by atoms with Gasteiger partial charge < -0.3 is 5.32 Å². The maximum atomic E-state index is 11.6. The molecule has 0 aliphatic carbocycles. The molecule has 2 nitrogen and oxygen atoms in total. The molecule has 0 bridgehead atoms. The van der Waals surface area contributed by atoms with E-state index in [2.05, 4.69) is 24.4 Å². The van der Waals surface area contributed by atoms with E-state index in [0.717, 1.165) is 6.54 Å². The number of carbonyl (C=O) groups is 1. The molecule has 1 N–H and O–H groups in total. The summed E-state index contributed by atoms with van der Waals surface area (Å²) >= 11 is 0. The Morgan fingerprint density at radius 1 is 1.21 bits per heavy atom. The molecule has 1 heterocycles. The Morgan fingerprint density at radius 3 is 2.57 bits per heavy atom. The minimum absolute atomic E-state index is 0.0175. The van der Waals surface area contributed by atoms with Gasteiger partial charge in [-0.2, -0.15) is 0 Å². The molecule has 0 spiro atoms. The van der Waals surface area contributed by atoms with E-state index in [1.807, 2.05) is 19.1 Å². The molecule has 0 saturated carbocycles. The van der Waals surface area contributed by atoms with E-state index in [1.54, 1.807) is 0 Å². The van der Waals surface area contributed by atoms with Crippen molar-refractivity contribution in [2.24, 2.45) is 0 Å². The van der Waals surface area contributed by atoms with Crippen LogP contribution in [0.3, 0.4) is 0 Å². The summed E-state index contributed by atoms with van der Waals surface area (Å²) in [6.07, 6.45) is 0. The molecule has 2 unspecified atom stereocenters. The number of fused-ring (bicyclic) bond motifs is 1. The lowest BCUT2D eigenvalue weighted by Crippen LogP contribution is -2.27. The summed E-state index contributed by atoms with van der Waals surface area (Å²) < 4.78 is 0. The van der Waals surface area contributed by atoms with E-state index in [0.29, 0.717) is 5.92 Å². The number of nitrogens with one attached hydrogen (secondary N) is 1. The minimum atomic E-state index is -0.0175. The fraction of sp³-hybridized carbons (Fsp3) is 0.417. The van der Waals surface area contributed by atoms with Crippen LogP contribution < -0.4 is 5.32 Å². The average Bonchev–Trinajstić information content (AvgIpc) is 2.33. The van der Waals surface area contributed by atoms with Crippen LogP contribution in [0, 0.1) is 0 Å². The highest BCUT2D eigenvalue weighted by Gasteiger charge is 2.24. The number of hydrogen-bond donors (Lipinski definition) is 1. The van der Waals surface area contributed by atoms with Crippen molar-refractivity contribution in [3.8, 4) is 0 Å². The molecule has 1 aliphatic rings. The topological polar surface area (TPSA) is 29.1 Å². The highest BCUT2D eigenvalue weighted by atomic mass is 16.1. The monoisotopic (exact) mass is 189 g/mol. The van der Waals surface area contributed by atoms with Gasteiger partial charge in [0.25, 0.3) is 0 Å². The predicted molar refractivity (Wildman–Crippen MR) is 56.3 cm³/mol. The van der Waals surface area contributed by atoms with Crippen LogP contribution in [0.2, 0.25) is 0 Å². The van der Waals surface area contributed by atoms with Gasteiger partial charge in [-0.15, -0.1) is 0 Å². The molecule has 74 valence electrons. The first-order chi connectivity index (χ1) is 6.70. The van der Waals surface area contributed by atoms with Gasteiger partial charge in [-0.25, -0.2) is 0 Å². The van der Waals surface area contributed by atoms with Crippen molar-refractivity contribution < 1.29 is 4.79 Å². The molecule has 1 amide bonds. The first kappa shape index (κ1) is 9.25. The van der Waals surface area contributed by atoms with Gasteiger partial charge in [-0.05, 0) is 24.0 Å². The maximum Gasteiger partial charge on any atom is 0.227 e. The fourth-order valence-corrected chi connectivity index (χ4v) is 2.01. The van der Waals surface area contributed by atoms with E-state index in [-0.39, 0.29) is 11.8 Å². The summed E-state index contributed by atoms with van der Waals surface area (Å²) in [7, 11) is 0. The zero-order chi connectivity index (χ0) is 10.1. The number of carbonyl (C=O) groups excluding carboxylic acids is 1. The quantitative estimate of drug-likeness (QED) is 0.664. The molecule has 2 rings (SSSR count). The Kier molecular flexibility index (Phi) is 2.28. The van der Waals surface area contributed by atoms with Crippen LogP contribution in [0.1, 0.15) is 36.8 Å². The van der Waals surface area contributed by atoms with Crippen LogP contribution in [0.15, 0.2) is 24.3 Å². The van der Waals surface area contributed by atoms with Crippen molar-refractivity contribution in [1.29, 1.82) is 0 Å². The zero-order valence-corrected chi connectivity index (χ0v) is 8.58. The van der Waals surface area contributed by atoms with E-state index in [9.17, 15) is 4.79 Å². The van der Waals surface area contributed by atoms with Crippen molar-refractivity contribution in [3.05, 3.63) is 35.4 Å². The van der Waals surface area contributed by atoms with Gasteiger partial charge in [0.15, 0.2) is 0 Å². The molecule has 1 aromatic rings. The molecular weight excluding hydrogens is 174 g/mol. The molecule has 0 radical (unpaired) electrons. The van der Waals surface area contributed by atoms with Crippen molar-refractivity contribution in [2.45, 2.75) is 25.7 Å². The lowest BCUT2D eigenvalue weighted by atomic mass is 9.91. The molecular formula is C12H15NO. The molecule has 0 fully saturated rings. The molecule has 1 aliphatic heterocycles. The number of hydrogen-bond acceptors (Lipinski definition) is 1. The highest BCUT2D eigenvalue weighted by Crippen LogP contribution is 2.28. The SMILES string of the molecule is CC1CNC(=O)C(C)c2ccccc21. The van der Waals surface area contributed by atoms with E-state index < -0.39 is 0 Å². The average molecular weight is 189 g/mol. The predicted octanol–water partition coefficient (Wildman–Crippen LogP) is 2.02. The van der Waals surface area contributed by atoms with Crippen molar-refractivity contribution in [2.75, 3.05) is 6.54 Å². The lowest BCUT2D eigenvalue weighted by Gasteiger charge is -2.12. The second-order valence-corrected chi connectivity index (χ2v) is 4.00. The highest BCUT2D eigenvalue weighted by molar-refractivity contribution is 5.84. The van der Waals surface area contributed by atoms with Crippen LogP contribution in [0.25, 0.3) is 0 Å². The standard InChI is InChI=1S/C12H15NO/c1-8-7-13-12(14)9(2)11-6-4-3-5-10(8)11/h3-6,8-9H,7H2,1-2H3,(H,13,14). The van der Waals surface area contributed by atoms with Gasteiger partial charge in [0.05, 0.1) is 5.92 Å². The Bertz CT molecular complexity index is 359. The summed E-state index contributed by atoms with van der Waals surface area (Å²) in [5.74, 6) is 0.540. The first-order valence-corrected chi connectivity index (χ1v) is 5.06. The summed E-state index contributed by atoms with van der Waals surface area (Å²) in [5, 5.41) is 2.95. The molecule has 1 aromatic carbocycles. The Labute approximate surface area is 84.3 Å². The first-order valence-electron chi connectivity index (χ1n) is 5.06. The van der Waals surface area contributed by atoms with Crippen molar-refractivity contribution in [1.82, 2.24) is 5.32 Å². The number of rotatable bonds is 0. The van der Waals surface area contributed by atoms with Gasteiger partial charge >= 0.3 is 0 Å². The third-order valence-electron chi connectivity index (χ3n) is 2.97. The molecule has 14 heavy (non-hydrogen) atoms. The zero-order valence-electron chi connectivity index (χ0n) is 8.58. The third kappa shape index (κ3) is 1.41. The number of benzene rings is 1. The maximum absolute atomic E-state index is 11.6. The largest absolute Gasteiger partial charge is 0.355 e. The Morgan fingerprint density at radius 2 is 1.86 bits per heavy atom. The smallest absolute Gasteiger partial charge is 0.227 e. The van der Waals surface area contributed by atoms with Crippen LogP contribution >= 0.6 is 0 Å².